The quantitative estimate of drug-likeness (QED) is 0.0301. The first-order chi connectivity index (χ1) is 30.5. The van der Waals surface area contributed by atoms with E-state index in [1.54, 1.807) is 18.2 Å². The summed E-state index contributed by atoms with van der Waals surface area (Å²) in [6.45, 7) is 21.8. The third-order valence-corrected chi connectivity index (χ3v) is 13.6. The van der Waals surface area contributed by atoms with Gasteiger partial charge in [-0.3, -0.25) is 9.59 Å². The number of nitrogens with zero attached hydrogens (tertiary/aromatic N) is 4. The molecule has 3 aromatic heterocycles. The molecule has 65 heavy (non-hydrogen) atoms. The molecule has 354 valence electrons. The Morgan fingerprint density at radius 3 is 1.86 bits per heavy atom. The molecule has 8 bridgehead atoms. The van der Waals surface area contributed by atoms with Crippen molar-refractivity contribution in [1.82, 2.24) is 15.0 Å². The van der Waals surface area contributed by atoms with Crippen molar-refractivity contribution in [2.45, 2.75) is 164 Å². The Labute approximate surface area is 397 Å². The maximum absolute atomic E-state index is 12.8. The van der Waals surface area contributed by atoms with E-state index in [1.807, 2.05) is 39.0 Å². The van der Waals surface area contributed by atoms with Crippen LogP contribution < -0.4 is 36.2 Å². The normalized spacial score (nSPS) is 19.2. The fourth-order valence-corrected chi connectivity index (χ4v) is 9.53. The molecule has 11 heteroatoms. The Bertz CT molecular complexity index is 2410. The molecule has 5 rings (SSSR count). The van der Waals surface area contributed by atoms with E-state index in [-0.39, 0.29) is 47.8 Å². The molecule has 2 aliphatic rings. The van der Waals surface area contributed by atoms with E-state index < -0.39 is 18.4 Å². The van der Waals surface area contributed by atoms with Crippen LogP contribution in [-0.2, 0) is 28.3 Å². The van der Waals surface area contributed by atoms with Gasteiger partial charge in [-0.25, -0.2) is 0 Å². The summed E-state index contributed by atoms with van der Waals surface area (Å²) in [6.07, 6.45) is 23.1. The van der Waals surface area contributed by atoms with E-state index in [0.717, 1.165) is 58.6 Å². The van der Waals surface area contributed by atoms with Crippen LogP contribution in [0.3, 0.4) is 0 Å². The monoisotopic (exact) mass is 930 g/mol. The van der Waals surface area contributed by atoms with Gasteiger partial charge in [-0.1, -0.05) is 164 Å². The number of aromatic nitrogens is 3. The standard InChI is InChI=1S/C54H76N4O6.Fe/c1-10-39-36(7)44-29-50-54(51(60)22-14-21-35(6)20-13-19-34(5)18-12-17-33(4)16-11-15-32(2)3)38(9)45(57-50)28-49-42(31-59)41(24-26-53(63)64)48(58-49)30-47-40(23-25-52(61)62)37(8)43(56-47)27-46(39)55-44;/h10,23,27-35,39,51-52,60-62H,1,11-22,24-26H2,2-9H3,(H3,57,58,59,63,64);/q-2;+4/p-2/b40-23+,46-27-,47-30-,50-29-;/t33-,34+,35+,39?,51-;/m0./s1. The van der Waals surface area contributed by atoms with Gasteiger partial charge in [0.05, 0.1) is 6.10 Å². The number of hydrogen-bond acceptors (Lipinski definition) is 5. The van der Waals surface area contributed by atoms with Crippen LogP contribution in [0.2, 0.25) is 0 Å². The van der Waals surface area contributed by atoms with Crippen molar-refractivity contribution in [1.29, 1.82) is 0 Å². The molecule has 0 aliphatic carbocycles. The zero-order valence-corrected chi connectivity index (χ0v) is 41.2. The van der Waals surface area contributed by atoms with Crippen LogP contribution in [0.4, 0.5) is 0 Å². The van der Waals surface area contributed by atoms with E-state index in [2.05, 4.69) is 41.2 Å². The van der Waals surface area contributed by atoms with Crippen molar-refractivity contribution in [2.24, 2.45) is 29.6 Å². The van der Waals surface area contributed by atoms with E-state index in [4.69, 9.17) is 20.3 Å². The number of carbonyl (C=O) groups excluding carboxylic acids is 1. The Balaban J connectivity index is 0.00000925. The third-order valence-electron chi connectivity index (χ3n) is 13.6. The average molecular weight is 931 g/mol. The molecular weight excluding hydrogens is 856 g/mol. The van der Waals surface area contributed by atoms with Crippen LogP contribution in [0.1, 0.15) is 187 Å². The summed E-state index contributed by atoms with van der Waals surface area (Å²) in [7, 11) is 0. The predicted molar refractivity (Wildman–Crippen MR) is 258 cm³/mol. The van der Waals surface area contributed by atoms with E-state index in [9.17, 15) is 30.0 Å². The molecule has 0 saturated carbocycles. The maximum Gasteiger partial charge on any atom is 4.00 e. The van der Waals surface area contributed by atoms with Crippen LogP contribution in [0.25, 0.3) is 35.7 Å². The summed E-state index contributed by atoms with van der Waals surface area (Å²) >= 11 is 0. The average Bonchev–Trinajstić information content (AvgIpc) is 3.91. The second-order valence-corrected chi connectivity index (χ2v) is 19.4. The second kappa shape index (κ2) is 25.1. The number of carboxylic acids is 1. The maximum atomic E-state index is 12.8. The summed E-state index contributed by atoms with van der Waals surface area (Å²) in [5.74, 6) is 1.71. The van der Waals surface area contributed by atoms with Gasteiger partial charge in [0, 0.05) is 24.3 Å². The molecule has 5 atom stereocenters. The summed E-state index contributed by atoms with van der Waals surface area (Å²) in [5, 5.41) is 48.5. The number of aldehydes is 1. The first-order valence-corrected chi connectivity index (χ1v) is 23.9. The number of aliphatic hydroxyl groups is 3. The van der Waals surface area contributed by atoms with Gasteiger partial charge in [-0.15, -0.1) is 51.1 Å². The van der Waals surface area contributed by atoms with Gasteiger partial charge in [0.15, 0.2) is 6.29 Å². The van der Waals surface area contributed by atoms with Gasteiger partial charge in [0.2, 0.25) is 0 Å². The zero-order chi connectivity index (χ0) is 46.7. The summed E-state index contributed by atoms with van der Waals surface area (Å²) in [5.41, 5.74) is 6.79. The number of carboxylic acid groups (broad SMARTS) is 1. The number of carbonyl (C=O) groups is 2. The minimum atomic E-state index is -1.57. The third kappa shape index (κ3) is 14.4. The van der Waals surface area contributed by atoms with E-state index >= 15 is 0 Å². The molecule has 0 aromatic carbocycles. The fraction of sp³-hybridized carbons (Fsp3) is 0.556. The van der Waals surface area contributed by atoms with Crippen molar-refractivity contribution in [2.75, 3.05) is 0 Å². The van der Waals surface area contributed by atoms with Gasteiger partial charge in [0.25, 0.3) is 0 Å². The SMILES string of the molecule is C=CC1C(C)=C2/C=c3\[n-]/c(c(C)c3[C@@H](O)CCC[C@H](C)CCC[C@H](C)CCC[C@@H](C)CCCC(C)C)=C\c3[n-]c(c(CCC(=O)O)c3C=O)/C=c3\[n-]c(c(C)\c3=C/CC(O)O)/C=C/1[N-]2.[Fe+4]. The smallest absolute Gasteiger partial charge is 0.661 e. The van der Waals surface area contributed by atoms with Crippen LogP contribution in [0, 0.1) is 43.4 Å². The van der Waals surface area contributed by atoms with Crippen molar-refractivity contribution in [3.05, 3.63) is 101 Å². The summed E-state index contributed by atoms with van der Waals surface area (Å²) < 4.78 is 0. The van der Waals surface area contributed by atoms with Crippen LogP contribution >= 0.6 is 0 Å². The number of allylic oxidation sites excluding steroid dienone is 2. The van der Waals surface area contributed by atoms with Crippen LogP contribution in [-0.4, -0.2) is 39.0 Å². The van der Waals surface area contributed by atoms with Crippen molar-refractivity contribution >= 4 is 42.6 Å². The molecule has 0 spiro atoms. The summed E-state index contributed by atoms with van der Waals surface area (Å²) in [6, 6.07) is 0. The van der Waals surface area contributed by atoms with Gasteiger partial charge in [-0.05, 0) is 68.1 Å². The molecule has 4 N–H and O–H groups in total. The molecule has 1 unspecified atom stereocenters. The first kappa shape index (κ1) is 53.5. The molecule has 0 amide bonds. The number of hydrogen-bond donors (Lipinski definition) is 4. The first-order valence-electron chi connectivity index (χ1n) is 23.9. The Morgan fingerprint density at radius 1 is 0.723 bits per heavy atom. The molecule has 10 nitrogen and oxygen atoms in total. The van der Waals surface area contributed by atoms with Gasteiger partial charge >= 0.3 is 23.0 Å². The number of fused-ring (bicyclic) bond motifs is 8. The van der Waals surface area contributed by atoms with Crippen molar-refractivity contribution < 1.29 is 47.1 Å². The fourth-order valence-electron chi connectivity index (χ4n) is 9.53. The molecule has 3 aromatic rings. The van der Waals surface area contributed by atoms with Gasteiger partial charge in [-0.2, -0.15) is 0 Å². The van der Waals surface area contributed by atoms with Crippen molar-refractivity contribution in [3.63, 3.8) is 0 Å². The minimum absolute atomic E-state index is 0. The molecular formula is C54H74FeN4O6. The second-order valence-electron chi connectivity index (χ2n) is 19.4. The zero-order valence-electron chi connectivity index (χ0n) is 40.1. The molecule has 2 aliphatic heterocycles. The van der Waals surface area contributed by atoms with Gasteiger partial charge in [0.1, 0.15) is 6.29 Å². The summed E-state index contributed by atoms with van der Waals surface area (Å²) in [4.78, 5) is 39.6. The Hall–Kier alpha value is -4.12. The van der Waals surface area contributed by atoms with Crippen molar-refractivity contribution in [3.8, 4) is 0 Å². The Kier molecular flexibility index (Phi) is 20.7. The minimum Gasteiger partial charge on any atom is -0.661 e. The largest absolute Gasteiger partial charge is 4.00 e. The Morgan fingerprint density at radius 2 is 1.31 bits per heavy atom. The van der Waals surface area contributed by atoms with Crippen LogP contribution in [0.5, 0.6) is 0 Å². The number of rotatable bonds is 24. The topological polar surface area (TPSA) is 171 Å². The van der Waals surface area contributed by atoms with Gasteiger partial charge < -0.3 is 40.7 Å². The van der Waals surface area contributed by atoms with E-state index in [0.29, 0.717) is 68.2 Å². The van der Waals surface area contributed by atoms with E-state index in [1.165, 1.54) is 57.8 Å². The molecule has 0 fully saturated rings. The number of aliphatic carboxylic acids is 1. The predicted octanol–water partition coefficient (Wildman–Crippen LogP) is 8.02. The molecule has 0 radical (unpaired) electrons. The molecule has 5 heterocycles. The molecule has 0 saturated heterocycles. The number of aliphatic hydroxyl groups excluding tert-OH is 2. The van der Waals surface area contributed by atoms with Crippen LogP contribution in [0.15, 0.2) is 29.6 Å².